The van der Waals surface area contributed by atoms with Crippen molar-refractivity contribution in [2.45, 2.75) is 19.9 Å². The molecular formula is C9H12N4O2. The Morgan fingerprint density at radius 2 is 2.07 bits per heavy atom. The summed E-state index contributed by atoms with van der Waals surface area (Å²) in [5.74, 6) is 0. The molecule has 2 aromatic rings. The Morgan fingerprint density at radius 3 is 2.67 bits per heavy atom. The summed E-state index contributed by atoms with van der Waals surface area (Å²) in [5, 5.41) is 4.56. The number of nitrogens with zero attached hydrogens (tertiary/aromatic N) is 3. The summed E-state index contributed by atoms with van der Waals surface area (Å²) in [5.41, 5.74) is -0.418. The van der Waals surface area contributed by atoms with E-state index < -0.39 is 5.69 Å². The molecule has 0 aromatic carbocycles. The number of H-pyrrole nitrogens is 1. The first-order valence-corrected chi connectivity index (χ1v) is 4.69. The molecule has 80 valence electrons. The van der Waals surface area contributed by atoms with E-state index in [1.54, 1.807) is 10.9 Å². The topological polar surface area (TPSA) is 72.7 Å². The van der Waals surface area contributed by atoms with Crippen LogP contribution in [0.3, 0.4) is 0 Å². The Bertz CT molecular complexity index is 617. The molecule has 0 aliphatic rings. The smallest absolute Gasteiger partial charge is 0.290 e. The van der Waals surface area contributed by atoms with Crippen molar-refractivity contribution in [3.8, 4) is 0 Å². The maximum atomic E-state index is 11.7. The maximum absolute atomic E-state index is 11.7. The van der Waals surface area contributed by atoms with E-state index in [-0.39, 0.29) is 11.6 Å². The SMILES string of the molecule is CC(C)n1cc2c(=O)n(C)c(=O)[nH]c2n1. The van der Waals surface area contributed by atoms with E-state index >= 15 is 0 Å². The van der Waals surface area contributed by atoms with Gasteiger partial charge in [-0.3, -0.25) is 19.0 Å². The first-order chi connectivity index (χ1) is 7.00. The highest BCUT2D eigenvalue weighted by molar-refractivity contribution is 5.72. The largest absolute Gasteiger partial charge is 0.329 e. The van der Waals surface area contributed by atoms with Gasteiger partial charge in [0, 0.05) is 19.3 Å². The lowest BCUT2D eigenvalue weighted by atomic mass is 10.4. The molecule has 6 heteroatoms. The summed E-state index contributed by atoms with van der Waals surface area (Å²) in [6.45, 7) is 3.91. The van der Waals surface area contributed by atoms with Gasteiger partial charge >= 0.3 is 5.69 Å². The van der Waals surface area contributed by atoms with Gasteiger partial charge in [-0.15, -0.1) is 0 Å². The molecule has 0 radical (unpaired) electrons. The van der Waals surface area contributed by atoms with Crippen LogP contribution in [0.25, 0.3) is 11.0 Å². The third-order valence-electron chi connectivity index (χ3n) is 2.33. The van der Waals surface area contributed by atoms with Gasteiger partial charge in [-0.2, -0.15) is 5.10 Å². The molecule has 0 aliphatic heterocycles. The molecule has 2 rings (SSSR count). The van der Waals surface area contributed by atoms with Gasteiger partial charge in [-0.25, -0.2) is 4.79 Å². The van der Waals surface area contributed by atoms with Crippen molar-refractivity contribution in [2.75, 3.05) is 0 Å². The number of fused-ring (bicyclic) bond motifs is 1. The van der Waals surface area contributed by atoms with E-state index in [2.05, 4.69) is 10.1 Å². The fourth-order valence-corrected chi connectivity index (χ4v) is 1.36. The quantitative estimate of drug-likeness (QED) is 0.717. The van der Waals surface area contributed by atoms with Gasteiger partial charge in [0.2, 0.25) is 0 Å². The van der Waals surface area contributed by atoms with E-state index in [0.29, 0.717) is 11.0 Å². The van der Waals surface area contributed by atoms with Gasteiger partial charge < -0.3 is 0 Å². The van der Waals surface area contributed by atoms with Crippen LogP contribution >= 0.6 is 0 Å². The van der Waals surface area contributed by atoms with Crippen molar-refractivity contribution in [3.63, 3.8) is 0 Å². The predicted molar refractivity (Wildman–Crippen MR) is 56.0 cm³/mol. The van der Waals surface area contributed by atoms with Gasteiger partial charge in [0.05, 0.1) is 0 Å². The van der Waals surface area contributed by atoms with Crippen LogP contribution in [0.2, 0.25) is 0 Å². The molecule has 6 nitrogen and oxygen atoms in total. The third-order valence-corrected chi connectivity index (χ3v) is 2.33. The zero-order valence-electron chi connectivity index (χ0n) is 8.81. The van der Waals surface area contributed by atoms with E-state index in [1.165, 1.54) is 7.05 Å². The Balaban J connectivity index is 2.88. The average molecular weight is 208 g/mol. The summed E-state index contributed by atoms with van der Waals surface area (Å²) in [6.07, 6.45) is 1.65. The number of hydrogen-bond acceptors (Lipinski definition) is 3. The Kier molecular flexibility index (Phi) is 1.99. The zero-order valence-corrected chi connectivity index (χ0v) is 8.81. The normalized spacial score (nSPS) is 11.5. The number of nitrogens with one attached hydrogen (secondary N) is 1. The van der Waals surface area contributed by atoms with E-state index in [0.717, 1.165) is 4.57 Å². The molecule has 0 unspecified atom stereocenters. The molecule has 2 heterocycles. The first-order valence-electron chi connectivity index (χ1n) is 4.69. The summed E-state index contributed by atoms with van der Waals surface area (Å²) in [4.78, 5) is 25.5. The molecular weight excluding hydrogens is 196 g/mol. The number of aromatic nitrogens is 4. The minimum Gasteiger partial charge on any atom is -0.290 e. The Labute approximate surface area is 85.2 Å². The lowest BCUT2D eigenvalue weighted by Gasteiger charge is -2.01. The molecule has 2 aromatic heterocycles. The van der Waals surface area contributed by atoms with Crippen molar-refractivity contribution in [2.24, 2.45) is 7.05 Å². The van der Waals surface area contributed by atoms with Crippen LogP contribution < -0.4 is 11.2 Å². The predicted octanol–water partition coefficient (Wildman–Crippen LogP) is 0.00420. The number of aromatic amines is 1. The first kappa shape index (κ1) is 9.70. The minimum atomic E-state index is -0.443. The van der Waals surface area contributed by atoms with Gasteiger partial charge in [0.25, 0.3) is 5.56 Å². The highest BCUT2D eigenvalue weighted by atomic mass is 16.2. The van der Waals surface area contributed by atoms with Crippen molar-refractivity contribution in [3.05, 3.63) is 27.0 Å². The maximum Gasteiger partial charge on any atom is 0.329 e. The van der Waals surface area contributed by atoms with Crippen LogP contribution in [0.15, 0.2) is 15.8 Å². The summed E-state index contributed by atoms with van der Waals surface area (Å²) < 4.78 is 2.69. The minimum absolute atomic E-state index is 0.158. The van der Waals surface area contributed by atoms with Gasteiger partial charge in [0.15, 0.2) is 5.65 Å². The second-order valence-electron chi connectivity index (χ2n) is 3.76. The van der Waals surface area contributed by atoms with E-state index in [9.17, 15) is 9.59 Å². The Morgan fingerprint density at radius 1 is 1.40 bits per heavy atom. The molecule has 0 fully saturated rings. The molecule has 15 heavy (non-hydrogen) atoms. The lowest BCUT2D eigenvalue weighted by Crippen LogP contribution is -2.31. The van der Waals surface area contributed by atoms with Crippen molar-refractivity contribution in [1.29, 1.82) is 0 Å². The monoisotopic (exact) mass is 208 g/mol. The molecule has 0 saturated heterocycles. The molecule has 0 saturated carbocycles. The van der Waals surface area contributed by atoms with Gasteiger partial charge in [-0.1, -0.05) is 0 Å². The van der Waals surface area contributed by atoms with Crippen molar-refractivity contribution in [1.82, 2.24) is 19.3 Å². The van der Waals surface area contributed by atoms with Crippen LogP contribution in [0.1, 0.15) is 19.9 Å². The van der Waals surface area contributed by atoms with Crippen LogP contribution in [-0.2, 0) is 7.05 Å². The molecule has 0 aliphatic carbocycles. The second kappa shape index (κ2) is 3.08. The van der Waals surface area contributed by atoms with Gasteiger partial charge in [-0.05, 0) is 13.8 Å². The fraction of sp³-hybridized carbons (Fsp3) is 0.444. The molecule has 0 atom stereocenters. The molecule has 0 amide bonds. The molecule has 1 N–H and O–H groups in total. The van der Waals surface area contributed by atoms with Crippen LogP contribution in [0, 0.1) is 0 Å². The second-order valence-corrected chi connectivity index (χ2v) is 3.76. The van der Waals surface area contributed by atoms with Crippen LogP contribution in [-0.4, -0.2) is 19.3 Å². The summed E-state index contributed by atoms with van der Waals surface area (Å²) in [7, 11) is 1.44. The standard InChI is InChI=1S/C9H12N4O2/c1-5(2)13-4-6-7(11-13)10-9(15)12(3)8(6)14/h4-5H,1-3H3,(H,10,11,15). The van der Waals surface area contributed by atoms with Crippen LogP contribution in [0.5, 0.6) is 0 Å². The van der Waals surface area contributed by atoms with Crippen LogP contribution in [0.4, 0.5) is 0 Å². The molecule has 0 spiro atoms. The van der Waals surface area contributed by atoms with Gasteiger partial charge in [0.1, 0.15) is 5.39 Å². The zero-order chi connectivity index (χ0) is 11.2. The Hall–Kier alpha value is -1.85. The van der Waals surface area contributed by atoms with Crippen molar-refractivity contribution >= 4 is 11.0 Å². The lowest BCUT2D eigenvalue weighted by molar-refractivity contribution is 0.536. The highest BCUT2D eigenvalue weighted by Crippen LogP contribution is 2.07. The fourth-order valence-electron chi connectivity index (χ4n) is 1.36. The van der Waals surface area contributed by atoms with Crippen molar-refractivity contribution < 1.29 is 0 Å². The number of rotatable bonds is 1. The van der Waals surface area contributed by atoms with E-state index in [1.807, 2.05) is 13.8 Å². The summed E-state index contributed by atoms with van der Waals surface area (Å²) >= 11 is 0. The average Bonchev–Trinajstić information content (AvgIpc) is 2.58. The summed E-state index contributed by atoms with van der Waals surface area (Å²) in [6, 6.07) is 0.158. The number of hydrogen-bond donors (Lipinski definition) is 1. The third kappa shape index (κ3) is 1.38. The molecule has 0 bridgehead atoms. The highest BCUT2D eigenvalue weighted by Gasteiger charge is 2.09. The van der Waals surface area contributed by atoms with E-state index in [4.69, 9.17) is 0 Å².